The molecule has 116 valence electrons. The number of anilines is 1. The van der Waals surface area contributed by atoms with Gasteiger partial charge in [0.2, 0.25) is 0 Å². The summed E-state index contributed by atoms with van der Waals surface area (Å²) in [5.74, 6) is 1.56. The molecule has 0 aliphatic carbocycles. The minimum Gasteiger partial charge on any atom is -0.357 e. The second-order valence-corrected chi connectivity index (χ2v) is 6.80. The van der Waals surface area contributed by atoms with Crippen LogP contribution in [0, 0.1) is 0 Å². The van der Waals surface area contributed by atoms with Gasteiger partial charge in [-0.2, -0.15) is 0 Å². The number of pyridine rings is 3. The number of rotatable bonds is 2. The van der Waals surface area contributed by atoms with Crippen molar-refractivity contribution in [3.8, 4) is 0 Å². The largest absolute Gasteiger partial charge is 0.357 e. The Bertz CT molecular complexity index is 811. The van der Waals surface area contributed by atoms with Gasteiger partial charge in [0.15, 0.2) is 5.65 Å². The van der Waals surface area contributed by atoms with E-state index in [0.29, 0.717) is 5.92 Å². The third-order valence-electron chi connectivity index (χ3n) is 4.43. The van der Waals surface area contributed by atoms with Crippen LogP contribution in [0.1, 0.15) is 24.5 Å². The van der Waals surface area contributed by atoms with Gasteiger partial charge in [-0.05, 0) is 65.2 Å². The van der Waals surface area contributed by atoms with Gasteiger partial charge in [0.1, 0.15) is 5.82 Å². The lowest BCUT2D eigenvalue weighted by Crippen LogP contribution is -2.33. The number of hydrogen-bond acceptors (Lipinski definition) is 4. The summed E-state index contributed by atoms with van der Waals surface area (Å²) in [4.78, 5) is 16.0. The number of halogens is 1. The standard InChI is InChI=1S/C18H17BrN4/c19-15-4-6-17(21-12-15)23-10-7-13(8-11-23)16-5-3-14-2-1-9-20-18(14)22-16/h1-6,9,12-13H,7-8,10-11H2. The molecule has 0 unspecified atom stereocenters. The van der Waals surface area contributed by atoms with Crippen LogP contribution in [0.3, 0.4) is 0 Å². The molecule has 0 spiro atoms. The highest BCUT2D eigenvalue weighted by molar-refractivity contribution is 9.10. The van der Waals surface area contributed by atoms with Crippen molar-refractivity contribution >= 4 is 32.8 Å². The highest BCUT2D eigenvalue weighted by Crippen LogP contribution is 2.29. The van der Waals surface area contributed by atoms with Crippen molar-refractivity contribution in [3.63, 3.8) is 0 Å². The van der Waals surface area contributed by atoms with E-state index in [1.807, 2.05) is 18.3 Å². The molecular weight excluding hydrogens is 352 g/mol. The second kappa shape index (κ2) is 6.24. The van der Waals surface area contributed by atoms with Crippen molar-refractivity contribution in [1.82, 2.24) is 15.0 Å². The molecule has 1 aliphatic heterocycles. The molecular formula is C18H17BrN4. The van der Waals surface area contributed by atoms with E-state index < -0.39 is 0 Å². The molecule has 1 aliphatic rings. The molecule has 4 heterocycles. The highest BCUT2D eigenvalue weighted by atomic mass is 79.9. The summed E-state index contributed by atoms with van der Waals surface area (Å²) in [7, 11) is 0. The van der Waals surface area contributed by atoms with Crippen LogP contribution in [0.2, 0.25) is 0 Å². The second-order valence-electron chi connectivity index (χ2n) is 5.88. The number of hydrogen-bond donors (Lipinski definition) is 0. The fourth-order valence-corrected chi connectivity index (χ4v) is 3.39. The lowest BCUT2D eigenvalue weighted by atomic mass is 9.93. The molecule has 4 rings (SSSR count). The molecule has 0 radical (unpaired) electrons. The van der Waals surface area contributed by atoms with Gasteiger partial charge in [-0.3, -0.25) is 0 Å². The number of fused-ring (bicyclic) bond motifs is 1. The van der Waals surface area contributed by atoms with Gasteiger partial charge < -0.3 is 4.90 Å². The zero-order chi connectivity index (χ0) is 15.6. The maximum atomic E-state index is 4.76. The Morgan fingerprint density at radius 1 is 1.00 bits per heavy atom. The predicted octanol–water partition coefficient (Wildman–Crippen LogP) is 4.17. The van der Waals surface area contributed by atoms with Crippen molar-refractivity contribution in [1.29, 1.82) is 0 Å². The number of aromatic nitrogens is 3. The van der Waals surface area contributed by atoms with Crippen LogP contribution in [0.15, 0.2) is 53.3 Å². The van der Waals surface area contributed by atoms with Gasteiger partial charge in [0, 0.05) is 47.0 Å². The lowest BCUT2D eigenvalue weighted by Gasteiger charge is -2.32. The van der Waals surface area contributed by atoms with E-state index in [1.54, 1.807) is 6.20 Å². The van der Waals surface area contributed by atoms with Crippen LogP contribution in [0.25, 0.3) is 11.0 Å². The summed E-state index contributed by atoms with van der Waals surface area (Å²) in [6.07, 6.45) is 5.87. The summed E-state index contributed by atoms with van der Waals surface area (Å²) >= 11 is 3.43. The maximum Gasteiger partial charge on any atom is 0.159 e. The lowest BCUT2D eigenvalue weighted by molar-refractivity contribution is 0.494. The third kappa shape index (κ3) is 3.06. The predicted molar refractivity (Wildman–Crippen MR) is 95.7 cm³/mol. The zero-order valence-corrected chi connectivity index (χ0v) is 14.3. The number of piperidine rings is 1. The monoisotopic (exact) mass is 368 g/mol. The Hall–Kier alpha value is -2.01. The normalized spacial score (nSPS) is 16.0. The molecule has 0 N–H and O–H groups in total. The Labute approximate surface area is 143 Å². The van der Waals surface area contributed by atoms with E-state index in [-0.39, 0.29) is 0 Å². The fourth-order valence-electron chi connectivity index (χ4n) is 3.15. The molecule has 0 atom stereocenters. The average molecular weight is 369 g/mol. The van der Waals surface area contributed by atoms with Gasteiger partial charge >= 0.3 is 0 Å². The van der Waals surface area contributed by atoms with Crippen molar-refractivity contribution in [2.45, 2.75) is 18.8 Å². The van der Waals surface area contributed by atoms with E-state index in [1.165, 1.54) is 5.69 Å². The molecule has 0 amide bonds. The minimum absolute atomic E-state index is 0.508. The van der Waals surface area contributed by atoms with E-state index >= 15 is 0 Å². The van der Waals surface area contributed by atoms with Crippen molar-refractivity contribution < 1.29 is 0 Å². The Kier molecular flexibility index (Phi) is 3.95. The zero-order valence-electron chi connectivity index (χ0n) is 12.7. The van der Waals surface area contributed by atoms with Crippen LogP contribution < -0.4 is 4.90 Å². The molecule has 23 heavy (non-hydrogen) atoms. The van der Waals surface area contributed by atoms with Gasteiger partial charge in [-0.15, -0.1) is 0 Å². The summed E-state index contributed by atoms with van der Waals surface area (Å²) in [5, 5.41) is 1.10. The fraction of sp³-hybridized carbons (Fsp3) is 0.278. The van der Waals surface area contributed by atoms with Gasteiger partial charge in [0.05, 0.1) is 0 Å². The Balaban J connectivity index is 1.49. The molecule has 4 nitrogen and oxygen atoms in total. The van der Waals surface area contributed by atoms with Crippen LogP contribution in [-0.2, 0) is 0 Å². The minimum atomic E-state index is 0.508. The first-order valence-corrected chi connectivity index (χ1v) is 8.67. The van der Waals surface area contributed by atoms with Crippen LogP contribution >= 0.6 is 15.9 Å². The first-order chi connectivity index (χ1) is 11.3. The summed E-state index contributed by atoms with van der Waals surface area (Å²) in [5.41, 5.74) is 2.02. The quantitative estimate of drug-likeness (QED) is 0.680. The van der Waals surface area contributed by atoms with Crippen molar-refractivity contribution in [2.24, 2.45) is 0 Å². The smallest absolute Gasteiger partial charge is 0.159 e. The molecule has 0 aromatic carbocycles. The van der Waals surface area contributed by atoms with Gasteiger partial charge in [0.25, 0.3) is 0 Å². The van der Waals surface area contributed by atoms with E-state index in [0.717, 1.165) is 47.3 Å². The highest BCUT2D eigenvalue weighted by Gasteiger charge is 2.22. The van der Waals surface area contributed by atoms with E-state index in [2.05, 4.69) is 55.1 Å². The SMILES string of the molecule is Brc1ccc(N2CCC(c3ccc4cccnc4n3)CC2)nc1. The van der Waals surface area contributed by atoms with Gasteiger partial charge in [-0.1, -0.05) is 0 Å². The van der Waals surface area contributed by atoms with Crippen LogP contribution in [0.5, 0.6) is 0 Å². The maximum absolute atomic E-state index is 4.76. The molecule has 3 aromatic heterocycles. The third-order valence-corrected chi connectivity index (χ3v) is 4.90. The average Bonchev–Trinajstić information content (AvgIpc) is 2.62. The summed E-state index contributed by atoms with van der Waals surface area (Å²) < 4.78 is 1.02. The summed E-state index contributed by atoms with van der Waals surface area (Å²) in [6, 6.07) is 12.4. The van der Waals surface area contributed by atoms with E-state index in [9.17, 15) is 0 Å². The first-order valence-electron chi connectivity index (χ1n) is 7.88. The molecule has 1 saturated heterocycles. The molecule has 3 aromatic rings. The van der Waals surface area contributed by atoms with Crippen molar-refractivity contribution in [3.05, 3.63) is 59.0 Å². The van der Waals surface area contributed by atoms with Crippen LogP contribution in [0.4, 0.5) is 5.82 Å². The van der Waals surface area contributed by atoms with Crippen molar-refractivity contribution in [2.75, 3.05) is 18.0 Å². The first kappa shape index (κ1) is 14.6. The summed E-state index contributed by atoms with van der Waals surface area (Å²) in [6.45, 7) is 2.03. The molecule has 0 bridgehead atoms. The number of nitrogens with zero attached hydrogens (tertiary/aromatic N) is 4. The topological polar surface area (TPSA) is 41.9 Å². The van der Waals surface area contributed by atoms with Gasteiger partial charge in [-0.25, -0.2) is 15.0 Å². The molecule has 1 fully saturated rings. The molecule has 0 saturated carbocycles. The van der Waals surface area contributed by atoms with E-state index in [4.69, 9.17) is 4.98 Å². The van der Waals surface area contributed by atoms with Crippen LogP contribution in [-0.4, -0.2) is 28.0 Å². The molecule has 5 heteroatoms. The Morgan fingerprint density at radius 2 is 1.87 bits per heavy atom. The Morgan fingerprint density at radius 3 is 2.65 bits per heavy atom.